The van der Waals surface area contributed by atoms with Crippen LogP contribution < -0.4 is 10.9 Å². The first kappa shape index (κ1) is 20.2. The lowest BCUT2D eigenvalue weighted by Gasteiger charge is -2.28. The lowest BCUT2D eigenvalue weighted by Crippen LogP contribution is -2.42. The van der Waals surface area contributed by atoms with Crippen molar-refractivity contribution in [1.29, 1.82) is 0 Å². The fourth-order valence-electron chi connectivity index (χ4n) is 3.60. The third-order valence-corrected chi connectivity index (χ3v) is 5.85. The maximum absolute atomic E-state index is 12.7. The average Bonchev–Trinajstić information content (AvgIpc) is 2.72. The van der Waals surface area contributed by atoms with E-state index < -0.39 is 0 Å². The number of halogens is 1. The van der Waals surface area contributed by atoms with Gasteiger partial charge in [0.1, 0.15) is 5.82 Å². The van der Waals surface area contributed by atoms with E-state index in [0.717, 1.165) is 22.4 Å². The smallest absolute Gasteiger partial charge is 0.320 e. The van der Waals surface area contributed by atoms with E-state index in [-0.39, 0.29) is 18.1 Å². The van der Waals surface area contributed by atoms with Crippen LogP contribution in [0.2, 0.25) is 5.02 Å². The van der Waals surface area contributed by atoms with Crippen molar-refractivity contribution in [1.82, 2.24) is 14.9 Å². The summed E-state index contributed by atoms with van der Waals surface area (Å²) in [6.45, 7) is 4.68. The highest BCUT2D eigenvalue weighted by molar-refractivity contribution is 6.31. The van der Waals surface area contributed by atoms with E-state index in [2.05, 4.69) is 15.3 Å². The second-order valence-corrected chi connectivity index (χ2v) is 8.01. The second kappa shape index (κ2) is 8.32. The molecule has 2 amide bonds. The first-order valence-corrected chi connectivity index (χ1v) is 10.3. The van der Waals surface area contributed by atoms with E-state index in [9.17, 15) is 9.59 Å². The summed E-state index contributed by atoms with van der Waals surface area (Å²) in [5.41, 5.74) is 5.00. The molecule has 0 unspecified atom stereocenters. The topological polar surface area (TPSA) is 78.1 Å². The molecule has 2 N–H and O–H groups in total. The van der Waals surface area contributed by atoms with Crippen LogP contribution in [-0.4, -0.2) is 27.4 Å². The third kappa shape index (κ3) is 4.24. The molecule has 0 bridgehead atoms. The predicted octanol–water partition coefficient (Wildman–Crippen LogP) is 4.22. The Bertz CT molecular complexity index is 1170. The van der Waals surface area contributed by atoms with Crippen molar-refractivity contribution in [3.05, 3.63) is 91.6 Å². The molecule has 0 saturated heterocycles. The van der Waals surface area contributed by atoms with E-state index in [4.69, 9.17) is 11.6 Å². The zero-order valence-corrected chi connectivity index (χ0v) is 17.7. The number of urea groups is 1. The van der Waals surface area contributed by atoms with Gasteiger partial charge in [-0.1, -0.05) is 41.9 Å². The van der Waals surface area contributed by atoms with Gasteiger partial charge in [-0.3, -0.25) is 4.79 Å². The lowest BCUT2D eigenvalue weighted by molar-refractivity contribution is 0.205. The van der Waals surface area contributed by atoms with Gasteiger partial charge in [0.2, 0.25) is 0 Å². The lowest BCUT2D eigenvalue weighted by atomic mass is 10.0. The Hall–Kier alpha value is -3.12. The summed E-state index contributed by atoms with van der Waals surface area (Å²) in [5.74, 6) is 0.653. The number of aryl methyl sites for hydroxylation is 2. The van der Waals surface area contributed by atoms with Gasteiger partial charge in [-0.25, -0.2) is 9.78 Å². The summed E-state index contributed by atoms with van der Waals surface area (Å²) >= 11 is 6.13. The highest BCUT2D eigenvalue weighted by Gasteiger charge is 2.24. The molecular weight excluding hydrogens is 400 g/mol. The molecule has 30 heavy (non-hydrogen) atoms. The molecule has 0 saturated carbocycles. The van der Waals surface area contributed by atoms with Crippen LogP contribution in [0.25, 0.3) is 0 Å². The van der Waals surface area contributed by atoms with Crippen LogP contribution >= 0.6 is 11.6 Å². The molecular formula is C23H23ClN4O2. The van der Waals surface area contributed by atoms with Gasteiger partial charge in [0, 0.05) is 30.1 Å². The molecule has 7 heteroatoms. The largest absolute Gasteiger partial charge is 0.322 e. The number of carbonyl (C=O) groups excluding carboxylic acids is 1. The number of hydrogen-bond acceptors (Lipinski definition) is 3. The summed E-state index contributed by atoms with van der Waals surface area (Å²) in [6, 6.07) is 13.2. The molecule has 2 heterocycles. The summed E-state index contributed by atoms with van der Waals surface area (Å²) in [6.07, 6.45) is 1.12. The molecule has 1 aliphatic heterocycles. The van der Waals surface area contributed by atoms with Crippen LogP contribution in [0.5, 0.6) is 0 Å². The number of nitrogens with zero attached hydrogens (tertiary/aromatic N) is 2. The average molecular weight is 423 g/mol. The van der Waals surface area contributed by atoms with Gasteiger partial charge in [-0.05, 0) is 42.7 Å². The first-order chi connectivity index (χ1) is 14.4. The Morgan fingerprint density at radius 2 is 2.00 bits per heavy atom. The quantitative estimate of drug-likeness (QED) is 0.663. The molecule has 154 valence electrons. The Kier molecular flexibility index (Phi) is 5.59. The van der Waals surface area contributed by atoms with Crippen molar-refractivity contribution in [2.24, 2.45) is 0 Å². The van der Waals surface area contributed by atoms with Crippen molar-refractivity contribution in [2.45, 2.75) is 33.2 Å². The molecule has 2 aromatic carbocycles. The van der Waals surface area contributed by atoms with Crippen LogP contribution in [0, 0.1) is 13.8 Å². The number of amides is 2. The van der Waals surface area contributed by atoms with Gasteiger partial charge in [-0.15, -0.1) is 0 Å². The van der Waals surface area contributed by atoms with E-state index in [1.807, 2.05) is 50.2 Å². The normalized spacial score (nSPS) is 13.1. The minimum Gasteiger partial charge on any atom is -0.320 e. The highest BCUT2D eigenvalue weighted by Crippen LogP contribution is 2.21. The molecule has 1 aliphatic rings. The SMILES string of the molecule is Cc1ccc(NC(=O)N2CCc3nc(Cc4ccccc4C)[nH]c(=O)c3C2)cc1Cl. The maximum Gasteiger partial charge on any atom is 0.322 e. The van der Waals surface area contributed by atoms with Gasteiger partial charge in [0.15, 0.2) is 0 Å². The van der Waals surface area contributed by atoms with Crippen LogP contribution in [-0.2, 0) is 19.4 Å². The van der Waals surface area contributed by atoms with Crippen LogP contribution in [0.4, 0.5) is 10.5 Å². The Labute approximate surface area is 179 Å². The fourth-order valence-corrected chi connectivity index (χ4v) is 3.78. The summed E-state index contributed by atoms with van der Waals surface area (Å²) < 4.78 is 0. The number of nitrogens with one attached hydrogen (secondary N) is 2. The Morgan fingerprint density at radius 1 is 1.20 bits per heavy atom. The number of H-pyrrole nitrogens is 1. The monoisotopic (exact) mass is 422 g/mol. The van der Waals surface area contributed by atoms with E-state index >= 15 is 0 Å². The van der Waals surface area contributed by atoms with Gasteiger partial charge >= 0.3 is 6.03 Å². The molecule has 0 radical (unpaired) electrons. The van der Waals surface area contributed by atoms with Crippen molar-refractivity contribution >= 4 is 23.3 Å². The van der Waals surface area contributed by atoms with Gasteiger partial charge in [0.05, 0.1) is 17.8 Å². The number of benzene rings is 2. The molecule has 0 spiro atoms. The number of carbonyl (C=O) groups is 1. The van der Waals surface area contributed by atoms with E-state index in [1.165, 1.54) is 0 Å². The maximum atomic E-state index is 12.7. The number of fused-ring (bicyclic) bond motifs is 1. The first-order valence-electron chi connectivity index (χ1n) is 9.88. The van der Waals surface area contributed by atoms with Crippen molar-refractivity contribution in [3.63, 3.8) is 0 Å². The van der Waals surface area contributed by atoms with Gasteiger partial charge < -0.3 is 15.2 Å². The van der Waals surface area contributed by atoms with Crippen molar-refractivity contribution in [2.75, 3.05) is 11.9 Å². The number of hydrogen-bond donors (Lipinski definition) is 2. The Morgan fingerprint density at radius 3 is 2.77 bits per heavy atom. The summed E-state index contributed by atoms with van der Waals surface area (Å²) in [4.78, 5) is 34.6. The molecule has 0 aliphatic carbocycles. The van der Waals surface area contributed by atoms with Gasteiger partial charge in [-0.2, -0.15) is 0 Å². The van der Waals surface area contributed by atoms with Crippen molar-refractivity contribution in [3.8, 4) is 0 Å². The van der Waals surface area contributed by atoms with Crippen LogP contribution in [0.15, 0.2) is 47.3 Å². The predicted molar refractivity (Wildman–Crippen MR) is 118 cm³/mol. The van der Waals surface area contributed by atoms with Gasteiger partial charge in [0.25, 0.3) is 5.56 Å². The summed E-state index contributed by atoms with van der Waals surface area (Å²) in [5, 5.41) is 3.45. The molecule has 3 aromatic rings. The fraction of sp³-hybridized carbons (Fsp3) is 0.261. The van der Waals surface area contributed by atoms with Crippen LogP contribution in [0.3, 0.4) is 0 Å². The number of rotatable bonds is 3. The number of aromatic nitrogens is 2. The summed E-state index contributed by atoms with van der Waals surface area (Å²) in [7, 11) is 0. The molecule has 0 fully saturated rings. The zero-order chi connectivity index (χ0) is 21.3. The molecule has 0 atom stereocenters. The van der Waals surface area contributed by atoms with E-state index in [1.54, 1.807) is 11.0 Å². The minimum absolute atomic E-state index is 0.181. The van der Waals surface area contributed by atoms with Crippen LogP contribution in [0.1, 0.15) is 33.8 Å². The highest BCUT2D eigenvalue weighted by atomic mass is 35.5. The second-order valence-electron chi connectivity index (χ2n) is 7.61. The number of anilines is 1. The molecule has 1 aromatic heterocycles. The third-order valence-electron chi connectivity index (χ3n) is 5.45. The van der Waals surface area contributed by atoms with E-state index in [0.29, 0.717) is 41.5 Å². The standard InChI is InChI=1S/C23H23ClN4O2/c1-14-5-3-4-6-16(14)11-21-26-20-9-10-28(13-18(20)22(29)27-21)23(30)25-17-8-7-15(2)19(24)12-17/h3-8,12H,9-11,13H2,1-2H3,(H,25,30)(H,26,27,29). The zero-order valence-electron chi connectivity index (χ0n) is 17.0. The Balaban J connectivity index is 1.50. The number of aromatic amines is 1. The molecule has 6 nitrogen and oxygen atoms in total. The van der Waals surface area contributed by atoms with Crippen molar-refractivity contribution < 1.29 is 4.79 Å². The minimum atomic E-state index is -0.260. The molecule has 4 rings (SSSR count).